The lowest BCUT2D eigenvalue weighted by Gasteiger charge is -2.34. The zero-order chi connectivity index (χ0) is 34.6. The minimum Gasteiger partial charge on any atom is -0.437 e. The van der Waals surface area contributed by atoms with Crippen LogP contribution in [0.3, 0.4) is 0 Å². The quantitative estimate of drug-likeness (QED) is 0.185. The molecule has 2 N–H and O–H groups in total. The van der Waals surface area contributed by atoms with Crippen molar-refractivity contribution in [1.29, 1.82) is 0 Å². The molecule has 2 aliphatic heterocycles. The number of alkyl halides is 3. The third kappa shape index (κ3) is 7.28. The van der Waals surface area contributed by atoms with E-state index in [4.69, 9.17) is 14.2 Å². The number of para-hydroxylation sites is 1. The molecule has 2 aromatic carbocycles. The predicted octanol–water partition coefficient (Wildman–Crippen LogP) is 7.20. The molecule has 48 heavy (non-hydrogen) atoms. The van der Waals surface area contributed by atoms with E-state index in [9.17, 15) is 22.8 Å². The highest BCUT2D eigenvalue weighted by Crippen LogP contribution is 2.44. The summed E-state index contributed by atoms with van der Waals surface area (Å²) in [4.78, 5) is 40.3. The van der Waals surface area contributed by atoms with Crippen molar-refractivity contribution in [3.63, 3.8) is 0 Å². The molecule has 11 nitrogen and oxygen atoms in total. The maximum atomic E-state index is 13.9. The number of thiazole rings is 1. The summed E-state index contributed by atoms with van der Waals surface area (Å²) in [5.41, 5.74) is -0.912. The number of halogens is 3. The number of hydrogen-bond donors (Lipinski definition) is 2. The van der Waals surface area contributed by atoms with Crippen LogP contribution >= 0.6 is 11.3 Å². The molecule has 2 aromatic heterocycles. The first-order valence-electron chi connectivity index (χ1n) is 15.3. The van der Waals surface area contributed by atoms with E-state index in [-0.39, 0.29) is 28.7 Å². The number of hydrogen-bond acceptors (Lipinski definition) is 10. The number of aromatic nitrogens is 3. The Bertz CT molecular complexity index is 1870. The Balaban J connectivity index is 1.29. The van der Waals surface area contributed by atoms with Crippen LogP contribution in [0.2, 0.25) is 0 Å². The van der Waals surface area contributed by atoms with Gasteiger partial charge in [-0.05, 0) is 71.7 Å². The van der Waals surface area contributed by atoms with Crippen LogP contribution in [0.4, 0.5) is 24.0 Å². The Morgan fingerprint density at radius 3 is 2.56 bits per heavy atom. The summed E-state index contributed by atoms with van der Waals surface area (Å²) in [5, 5.41) is 5.82. The maximum absolute atomic E-state index is 13.9. The molecular formula is C33H35F3N6O5S. The molecule has 2 aliphatic rings. The molecule has 0 spiro atoms. The summed E-state index contributed by atoms with van der Waals surface area (Å²) < 4.78 is 60.2. The number of benzene rings is 2. The zero-order valence-electron chi connectivity index (χ0n) is 27.1. The van der Waals surface area contributed by atoms with Crippen LogP contribution < -0.4 is 15.4 Å². The van der Waals surface area contributed by atoms with E-state index < -0.39 is 47.3 Å². The Morgan fingerprint density at radius 1 is 1.08 bits per heavy atom. The van der Waals surface area contributed by atoms with Crippen LogP contribution in [0.5, 0.6) is 11.6 Å². The molecule has 6 rings (SSSR count). The highest BCUT2D eigenvalue weighted by atomic mass is 32.1. The van der Waals surface area contributed by atoms with Gasteiger partial charge in [-0.25, -0.2) is 15.0 Å². The minimum absolute atomic E-state index is 0.0649. The first kappa shape index (κ1) is 33.7. The monoisotopic (exact) mass is 684 g/mol. The number of amides is 2. The zero-order valence-corrected chi connectivity index (χ0v) is 28.0. The smallest absolute Gasteiger partial charge is 0.416 e. The van der Waals surface area contributed by atoms with Crippen molar-refractivity contribution in [2.45, 2.75) is 90.3 Å². The Hall–Kier alpha value is -4.18. The van der Waals surface area contributed by atoms with E-state index >= 15 is 0 Å². The van der Waals surface area contributed by atoms with Gasteiger partial charge in [0.2, 0.25) is 17.7 Å². The number of carbonyl (C=O) groups excluding carboxylic acids is 2. The molecule has 3 atom stereocenters. The third-order valence-electron chi connectivity index (χ3n) is 7.94. The van der Waals surface area contributed by atoms with Gasteiger partial charge in [-0.2, -0.15) is 13.2 Å². The van der Waals surface area contributed by atoms with E-state index in [1.165, 1.54) is 36.7 Å². The molecule has 0 radical (unpaired) electrons. The summed E-state index contributed by atoms with van der Waals surface area (Å²) >= 11 is 1.27. The fraction of sp³-hybridized carbons (Fsp3) is 0.424. The Kier molecular flexibility index (Phi) is 8.68. The van der Waals surface area contributed by atoms with Gasteiger partial charge < -0.3 is 24.8 Å². The summed E-state index contributed by atoms with van der Waals surface area (Å²) in [6, 6.07) is 9.16. The van der Waals surface area contributed by atoms with Crippen molar-refractivity contribution >= 4 is 44.2 Å². The van der Waals surface area contributed by atoms with Crippen molar-refractivity contribution < 1.29 is 37.0 Å². The van der Waals surface area contributed by atoms with E-state index in [0.717, 1.165) is 16.8 Å². The van der Waals surface area contributed by atoms with Gasteiger partial charge in [0.1, 0.15) is 11.8 Å². The van der Waals surface area contributed by atoms with Crippen LogP contribution in [-0.4, -0.2) is 61.4 Å². The Morgan fingerprint density at radius 2 is 1.85 bits per heavy atom. The first-order valence-corrected chi connectivity index (χ1v) is 16.1. The van der Waals surface area contributed by atoms with Crippen LogP contribution in [0.25, 0.3) is 21.5 Å². The predicted molar refractivity (Wildman–Crippen MR) is 174 cm³/mol. The van der Waals surface area contributed by atoms with Crippen LogP contribution in [0.1, 0.15) is 59.9 Å². The standard InChI is InChI=1S/C33H35F3N6O5S/c1-17(43)39-30-41-26-23(8-7-9-24(26)48-30)45-25-15-20(37-16-38-25)19-11-10-18(33(34,35)36)14-21(19)40-27(44)22-12-13-32(5,6)42(22)28-29(46-28)47-31(2,3)4/h7-11,14-16,22,28-29H,12-13H2,1-6H3,(H,40,44)(H,39,41,43). The highest BCUT2D eigenvalue weighted by molar-refractivity contribution is 7.22. The molecule has 0 bridgehead atoms. The second-order valence-corrected chi connectivity index (χ2v) is 14.3. The number of epoxide rings is 1. The van der Waals surface area contributed by atoms with Crippen molar-refractivity contribution in [2.24, 2.45) is 0 Å². The second kappa shape index (κ2) is 12.4. The number of ether oxygens (including phenoxy) is 3. The molecular weight excluding hydrogens is 649 g/mol. The van der Waals surface area contributed by atoms with E-state index in [1.54, 1.807) is 12.1 Å². The van der Waals surface area contributed by atoms with Gasteiger partial charge in [0.25, 0.3) is 0 Å². The molecule has 4 heterocycles. The van der Waals surface area contributed by atoms with Crippen LogP contribution in [0, 0.1) is 0 Å². The van der Waals surface area contributed by atoms with Gasteiger partial charge in [0.15, 0.2) is 23.4 Å². The van der Waals surface area contributed by atoms with Crippen LogP contribution in [0.15, 0.2) is 48.8 Å². The van der Waals surface area contributed by atoms with Crippen molar-refractivity contribution in [2.75, 3.05) is 10.6 Å². The van der Waals surface area contributed by atoms with Crippen molar-refractivity contribution in [3.8, 4) is 22.9 Å². The molecule has 15 heteroatoms. The number of carbonyl (C=O) groups is 2. The minimum atomic E-state index is -4.65. The largest absolute Gasteiger partial charge is 0.437 e. The van der Waals surface area contributed by atoms with Crippen LogP contribution in [-0.2, 0) is 25.2 Å². The van der Waals surface area contributed by atoms with Crippen molar-refractivity contribution in [3.05, 3.63) is 54.4 Å². The number of nitrogens with one attached hydrogen (secondary N) is 2. The molecule has 3 unspecified atom stereocenters. The summed E-state index contributed by atoms with van der Waals surface area (Å²) in [5.74, 6) is -0.286. The third-order valence-corrected chi connectivity index (χ3v) is 8.88. The topological polar surface area (TPSA) is 131 Å². The molecule has 4 aromatic rings. The molecule has 2 fully saturated rings. The number of rotatable bonds is 8. The first-order chi connectivity index (χ1) is 22.5. The Labute approximate surface area is 278 Å². The normalized spacial score (nSPS) is 20.9. The highest BCUT2D eigenvalue weighted by Gasteiger charge is 2.57. The molecule has 254 valence electrons. The van der Waals surface area contributed by atoms with Crippen molar-refractivity contribution in [1.82, 2.24) is 19.9 Å². The molecule has 0 saturated carbocycles. The summed E-state index contributed by atoms with van der Waals surface area (Å²) in [6.07, 6.45) is -3.26. The lowest BCUT2D eigenvalue weighted by atomic mass is 10.0. The second-order valence-electron chi connectivity index (χ2n) is 13.3. The summed E-state index contributed by atoms with van der Waals surface area (Å²) in [7, 11) is 0. The number of nitrogens with zero attached hydrogens (tertiary/aromatic N) is 4. The van der Waals surface area contributed by atoms with E-state index in [1.807, 2.05) is 45.6 Å². The molecule has 0 aliphatic carbocycles. The van der Waals surface area contributed by atoms with Gasteiger partial charge >= 0.3 is 6.18 Å². The lowest BCUT2D eigenvalue weighted by Crippen LogP contribution is -2.50. The average molecular weight is 685 g/mol. The fourth-order valence-electron chi connectivity index (χ4n) is 5.81. The maximum Gasteiger partial charge on any atom is 0.416 e. The SMILES string of the molecule is CC(=O)Nc1nc2c(Oc3cc(-c4ccc(C(F)(F)F)cc4NC(=O)C4CCC(C)(C)N4C4OC4OC(C)(C)C)ncn3)cccc2s1. The fourth-order valence-corrected chi connectivity index (χ4v) is 6.74. The average Bonchev–Trinajstić information content (AvgIpc) is 3.42. The van der Waals surface area contributed by atoms with E-state index in [2.05, 4.69) is 25.6 Å². The van der Waals surface area contributed by atoms with Gasteiger partial charge in [0.05, 0.1) is 33.3 Å². The molecule has 2 amide bonds. The van der Waals surface area contributed by atoms with Gasteiger partial charge in [-0.15, -0.1) is 0 Å². The van der Waals surface area contributed by atoms with Gasteiger partial charge in [-0.1, -0.05) is 23.5 Å². The van der Waals surface area contributed by atoms with Gasteiger partial charge in [-0.3, -0.25) is 14.5 Å². The number of likely N-dealkylation sites (tertiary alicyclic amines) is 1. The summed E-state index contributed by atoms with van der Waals surface area (Å²) in [6.45, 7) is 11.1. The molecule has 2 saturated heterocycles. The van der Waals surface area contributed by atoms with E-state index in [0.29, 0.717) is 29.2 Å². The van der Waals surface area contributed by atoms with Gasteiger partial charge in [0, 0.05) is 24.1 Å². The lowest BCUT2D eigenvalue weighted by molar-refractivity contribution is -0.137. The number of anilines is 2. The number of fused-ring (bicyclic) bond motifs is 1.